The highest BCUT2D eigenvalue weighted by molar-refractivity contribution is 7.09. The molecule has 0 aliphatic carbocycles. The van der Waals surface area contributed by atoms with Crippen LogP contribution in [0.15, 0.2) is 28.1 Å². The van der Waals surface area contributed by atoms with E-state index in [4.69, 9.17) is 4.52 Å². The summed E-state index contributed by atoms with van der Waals surface area (Å²) < 4.78 is 5.12. The highest BCUT2D eigenvalue weighted by atomic mass is 32.1. The molecule has 0 radical (unpaired) electrons. The van der Waals surface area contributed by atoms with Crippen LogP contribution in [0.4, 0.5) is 0 Å². The molecular formula is C17H24N4O2S. The summed E-state index contributed by atoms with van der Waals surface area (Å²) in [4.78, 5) is 18.1. The van der Waals surface area contributed by atoms with Crippen molar-refractivity contribution in [3.63, 3.8) is 0 Å². The molecular weight excluding hydrogens is 324 g/mol. The van der Waals surface area contributed by atoms with Gasteiger partial charge in [0.2, 0.25) is 5.91 Å². The SMILES string of the molecule is Cc1cc(CN2CCN([C@@H](C)C(=O)NCc3cccs3)CC2)no1. The molecule has 0 spiro atoms. The molecule has 2 aromatic heterocycles. The van der Waals surface area contributed by atoms with Crippen LogP contribution in [-0.4, -0.2) is 53.1 Å². The number of hydrogen-bond acceptors (Lipinski definition) is 6. The molecule has 3 rings (SSSR count). The van der Waals surface area contributed by atoms with Gasteiger partial charge in [-0.3, -0.25) is 14.6 Å². The van der Waals surface area contributed by atoms with E-state index >= 15 is 0 Å². The van der Waals surface area contributed by atoms with E-state index in [9.17, 15) is 4.79 Å². The fourth-order valence-corrected chi connectivity index (χ4v) is 3.58. The van der Waals surface area contributed by atoms with E-state index in [0.717, 1.165) is 44.2 Å². The first-order valence-corrected chi connectivity index (χ1v) is 9.18. The highest BCUT2D eigenvalue weighted by Gasteiger charge is 2.25. The summed E-state index contributed by atoms with van der Waals surface area (Å²) in [6, 6.07) is 5.93. The van der Waals surface area contributed by atoms with Crippen LogP contribution in [0.3, 0.4) is 0 Å². The molecule has 0 bridgehead atoms. The molecule has 1 N–H and O–H groups in total. The van der Waals surface area contributed by atoms with Crippen molar-refractivity contribution in [2.75, 3.05) is 26.2 Å². The van der Waals surface area contributed by atoms with Gasteiger partial charge in [-0.2, -0.15) is 0 Å². The van der Waals surface area contributed by atoms with E-state index < -0.39 is 0 Å². The van der Waals surface area contributed by atoms with Gasteiger partial charge in [-0.1, -0.05) is 11.2 Å². The minimum absolute atomic E-state index is 0.0959. The second-order valence-electron chi connectivity index (χ2n) is 6.21. The molecule has 1 atom stereocenters. The molecule has 0 unspecified atom stereocenters. The first kappa shape index (κ1) is 17.1. The average molecular weight is 348 g/mol. The zero-order valence-electron chi connectivity index (χ0n) is 14.2. The summed E-state index contributed by atoms with van der Waals surface area (Å²) in [5, 5.41) is 9.11. The Balaban J connectivity index is 1.42. The van der Waals surface area contributed by atoms with Gasteiger partial charge in [0.15, 0.2) is 0 Å². The smallest absolute Gasteiger partial charge is 0.237 e. The zero-order chi connectivity index (χ0) is 16.9. The Bertz CT molecular complexity index is 647. The van der Waals surface area contributed by atoms with E-state index in [2.05, 4.69) is 20.3 Å². The number of aromatic nitrogens is 1. The molecule has 0 aromatic carbocycles. The molecule has 6 nitrogen and oxygen atoms in total. The quantitative estimate of drug-likeness (QED) is 0.863. The standard InChI is InChI=1S/C17H24N4O2S/c1-13-10-15(19-23-13)12-20-5-7-21(8-6-20)14(2)17(22)18-11-16-4-3-9-24-16/h3-4,9-10,14H,5-8,11-12H2,1-2H3,(H,18,22)/t14-/m0/s1. The number of carbonyl (C=O) groups is 1. The molecule has 7 heteroatoms. The average Bonchev–Trinajstić information content (AvgIpc) is 3.24. The van der Waals surface area contributed by atoms with E-state index in [1.807, 2.05) is 37.4 Å². The Morgan fingerprint density at radius 3 is 2.83 bits per heavy atom. The number of nitrogens with one attached hydrogen (secondary N) is 1. The second-order valence-corrected chi connectivity index (χ2v) is 7.25. The van der Waals surface area contributed by atoms with E-state index in [0.29, 0.717) is 6.54 Å². The molecule has 1 fully saturated rings. The van der Waals surface area contributed by atoms with E-state index in [1.165, 1.54) is 4.88 Å². The van der Waals surface area contributed by atoms with Crippen LogP contribution in [0.25, 0.3) is 0 Å². The summed E-state index contributed by atoms with van der Waals surface area (Å²) in [7, 11) is 0. The molecule has 2 aromatic rings. The number of rotatable bonds is 6. The number of aryl methyl sites for hydroxylation is 1. The Morgan fingerprint density at radius 2 is 2.21 bits per heavy atom. The Morgan fingerprint density at radius 1 is 1.42 bits per heavy atom. The highest BCUT2D eigenvalue weighted by Crippen LogP contribution is 2.12. The molecule has 3 heterocycles. The van der Waals surface area contributed by atoms with Crippen molar-refractivity contribution in [2.24, 2.45) is 0 Å². The van der Waals surface area contributed by atoms with Crippen LogP contribution in [0.5, 0.6) is 0 Å². The maximum absolute atomic E-state index is 12.3. The van der Waals surface area contributed by atoms with Crippen LogP contribution in [-0.2, 0) is 17.9 Å². The van der Waals surface area contributed by atoms with Gasteiger partial charge >= 0.3 is 0 Å². The molecule has 130 valence electrons. The zero-order valence-corrected chi connectivity index (χ0v) is 15.0. The number of hydrogen-bond donors (Lipinski definition) is 1. The Kier molecular flexibility index (Phi) is 5.65. The van der Waals surface area contributed by atoms with Crippen molar-refractivity contribution in [1.29, 1.82) is 0 Å². The van der Waals surface area contributed by atoms with Crippen molar-refractivity contribution in [2.45, 2.75) is 33.0 Å². The van der Waals surface area contributed by atoms with Crippen molar-refractivity contribution >= 4 is 17.2 Å². The van der Waals surface area contributed by atoms with Gasteiger partial charge in [0, 0.05) is 43.7 Å². The lowest BCUT2D eigenvalue weighted by atomic mass is 10.2. The first-order valence-electron chi connectivity index (χ1n) is 8.30. The maximum atomic E-state index is 12.3. The molecule has 1 saturated heterocycles. The van der Waals surface area contributed by atoms with Gasteiger partial charge < -0.3 is 9.84 Å². The van der Waals surface area contributed by atoms with Gasteiger partial charge in [-0.05, 0) is 25.3 Å². The molecule has 1 amide bonds. The lowest BCUT2D eigenvalue weighted by Crippen LogP contribution is -2.53. The predicted octanol–water partition coefficient (Wildman–Crippen LogP) is 1.87. The van der Waals surface area contributed by atoms with E-state index in [-0.39, 0.29) is 11.9 Å². The van der Waals surface area contributed by atoms with Crippen LogP contribution in [0, 0.1) is 6.92 Å². The van der Waals surface area contributed by atoms with Gasteiger partial charge in [-0.25, -0.2) is 0 Å². The van der Waals surface area contributed by atoms with Crippen LogP contribution in [0.2, 0.25) is 0 Å². The summed E-state index contributed by atoms with van der Waals surface area (Å²) >= 11 is 1.67. The monoisotopic (exact) mass is 348 g/mol. The van der Waals surface area contributed by atoms with Crippen LogP contribution < -0.4 is 5.32 Å². The van der Waals surface area contributed by atoms with Crippen molar-refractivity contribution in [3.8, 4) is 0 Å². The van der Waals surface area contributed by atoms with Gasteiger partial charge in [0.25, 0.3) is 0 Å². The van der Waals surface area contributed by atoms with Gasteiger partial charge in [0.1, 0.15) is 5.76 Å². The summed E-state index contributed by atoms with van der Waals surface area (Å²) in [6.07, 6.45) is 0. The molecule has 24 heavy (non-hydrogen) atoms. The Hall–Kier alpha value is -1.70. The number of nitrogens with zero attached hydrogens (tertiary/aromatic N) is 3. The summed E-state index contributed by atoms with van der Waals surface area (Å²) in [5.74, 6) is 0.948. The first-order chi connectivity index (χ1) is 11.6. The fourth-order valence-electron chi connectivity index (χ4n) is 2.93. The second kappa shape index (κ2) is 7.92. The van der Waals surface area contributed by atoms with Crippen molar-refractivity contribution in [1.82, 2.24) is 20.3 Å². The number of piperazine rings is 1. The van der Waals surface area contributed by atoms with Crippen molar-refractivity contribution in [3.05, 3.63) is 39.9 Å². The fraction of sp³-hybridized carbons (Fsp3) is 0.529. The number of amides is 1. The Labute approximate surface area is 146 Å². The largest absolute Gasteiger partial charge is 0.361 e. The summed E-state index contributed by atoms with van der Waals surface area (Å²) in [5.41, 5.74) is 0.975. The number of carbonyl (C=O) groups excluding carboxylic acids is 1. The maximum Gasteiger partial charge on any atom is 0.237 e. The summed E-state index contributed by atoms with van der Waals surface area (Å²) in [6.45, 7) is 8.99. The predicted molar refractivity (Wildman–Crippen MR) is 93.7 cm³/mol. The van der Waals surface area contributed by atoms with E-state index in [1.54, 1.807) is 11.3 Å². The number of thiophene rings is 1. The molecule has 0 saturated carbocycles. The molecule has 1 aliphatic rings. The lowest BCUT2D eigenvalue weighted by Gasteiger charge is -2.37. The topological polar surface area (TPSA) is 61.6 Å². The van der Waals surface area contributed by atoms with Gasteiger partial charge in [-0.15, -0.1) is 11.3 Å². The van der Waals surface area contributed by atoms with Crippen molar-refractivity contribution < 1.29 is 9.32 Å². The minimum atomic E-state index is -0.0959. The minimum Gasteiger partial charge on any atom is -0.361 e. The van der Waals surface area contributed by atoms with Gasteiger partial charge in [0.05, 0.1) is 18.3 Å². The normalized spacial score (nSPS) is 17.8. The lowest BCUT2D eigenvalue weighted by molar-refractivity contribution is -0.126. The third-order valence-corrected chi connectivity index (χ3v) is 5.29. The van der Waals surface area contributed by atoms with Crippen LogP contribution in [0.1, 0.15) is 23.3 Å². The third kappa shape index (κ3) is 4.43. The third-order valence-electron chi connectivity index (χ3n) is 4.41. The molecule has 1 aliphatic heterocycles. The van der Waals surface area contributed by atoms with Crippen LogP contribution >= 0.6 is 11.3 Å².